The summed E-state index contributed by atoms with van der Waals surface area (Å²) in [6.45, 7) is 0. The second-order valence-corrected chi connectivity index (χ2v) is 4.41. The SMILES string of the molecule is O=S(=O)(O)c1ccc2ccccc2c1.[KH]. The van der Waals surface area contributed by atoms with Crippen LogP contribution in [0.1, 0.15) is 0 Å². The molecular weight excluding hydrogens is 239 g/mol. The molecule has 0 aliphatic rings. The Labute approximate surface area is 131 Å². The summed E-state index contributed by atoms with van der Waals surface area (Å²) in [7, 11) is -4.09. The van der Waals surface area contributed by atoms with Crippen molar-refractivity contribution in [1.29, 1.82) is 0 Å². The molecule has 0 heterocycles. The first kappa shape index (κ1) is 13.3. The summed E-state index contributed by atoms with van der Waals surface area (Å²) >= 11 is 0. The van der Waals surface area contributed by atoms with Gasteiger partial charge in [0.2, 0.25) is 0 Å². The van der Waals surface area contributed by atoms with Crippen LogP contribution in [-0.2, 0) is 10.1 Å². The quantitative estimate of drug-likeness (QED) is 0.613. The van der Waals surface area contributed by atoms with Crippen molar-refractivity contribution in [2.45, 2.75) is 4.90 Å². The van der Waals surface area contributed by atoms with Crippen molar-refractivity contribution in [2.24, 2.45) is 0 Å². The average Bonchev–Trinajstić information content (AvgIpc) is 2.16. The Balaban J connectivity index is 0.00000112. The first-order valence-corrected chi connectivity index (χ1v) is 5.48. The summed E-state index contributed by atoms with van der Waals surface area (Å²) in [5.74, 6) is 0. The van der Waals surface area contributed by atoms with E-state index in [1.54, 1.807) is 12.1 Å². The van der Waals surface area contributed by atoms with Crippen LogP contribution in [0.2, 0.25) is 0 Å². The topological polar surface area (TPSA) is 54.4 Å². The van der Waals surface area contributed by atoms with Gasteiger partial charge < -0.3 is 0 Å². The molecule has 0 aliphatic carbocycles. The van der Waals surface area contributed by atoms with E-state index in [1.165, 1.54) is 12.1 Å². The van der Waals surface area contributed by atoms with Gasteiger partial charge in [-0.2, -0.15) is 8.42 Å². The summed E-state index contributed by atoms with van der Waals surface area (Å²) in [6.07, 6.45) is 0. The summed E-state index contributed by atoms with van der Waals surface area (Å²) in [4.78, 5) is -0.0730. The Morgan fingerprint density at radius 3 is 2.13 bits per heavy atom. The van der Waals surface area contributed by atoms with Crippen LogP contribution in [0.3, 0.4) is 0 Å². The molecule has 15 heavy (non-hydrogen) atoms. The van der Waals surface area contributed by atoms with E-state index in [1.807, 2.05) is 18.2 Å². The van der Waals surface area contributed by atoms with Crippen LogP contribution >= 0.6 is 0 Å². The number of rotatable bonds is 1. The van der Waals surface area contributed by atoms with Gasteiger partial charge in [-0.25, -0.2) is 0 Å². The molecule has 3 nitrogen and oxygen atoms in total. The van der Waals surface area contributed by atoms with Crippen molar-refractivity contribution in [3.63, 3.8) is 0 Å². The van der Waals surface area contributed by atoms with Gasteiger partial charge in [0.15, 0.2) is 0 Å². The third-order valence-corrected chi connectivity index (χ3v) is 2.87. The van der Waals surface area contributed by atoms with Crippen molar-refractivity contribution in [1.82, 2.24) is 0 Å². The van der Waals surface area contributed by atoms with E-state index in [0.717, 1.165) is 10.8 Å². The third kappa shape index (κ3) is 3.10. The molecule has 1 N–H and O–H groups in total. The Kier molecular flexibility index (Phi) is 4.48. The summed E-state index contributed by atoms with van der Waals surface area (Å²) in [5.41, 5.74) is 0. The zero-order valence-corrected chi connectivity index (χ0v) is 8.03. The molecule has 0 amide bonds. The van der Waals surface area contributed by atoms with E-state index in [4.69, 9.17) is 4.55 Å². The molecule has 5 heteroatoms. The van der Waals surface area contributed by atoms with Gasteiger partial charge in [-0.15, -0.1) is 0 Å². The Bertz CT molecular complexity index is 578. The monoisotopic (exact) mass is 248 g/mol. The van der Waals surface area contributed by atoms with Gasteiger partial charge in [0.05, 0.1) is 4.90 Å². The molecule has 2 rings (SSSR count). The maximum absolute atomic E-state index is 10.8. The predicted octanol–water partition coefficient (Wildman–Crippen LogP) is 1.44. The number of hydrogen-bond donors (Lipinski definition) is 1. The zero-order chi connectivity index (χ0) is 10.2. The Morgan fingerprint density at radius 1 is 0.933 bits per heavy atom. The number of fused-ring (bicyclic) bond motifs is 1. The second-order valence-electron chi connectivity index (χ2n) is 2.98. The zero-order valence-electron chi connectivity index (χ0n) is 7.21. The van der Waals surface area contributed by atoms with Crippen LogP contribution in [-0.4, -0.2) is 64.4 Å². The van der Waals surface area contributed by atoms with E-state index < -0.39 is 10.1 Å². The van der Waals surface area contributed by atoms with Crippen LogP contribution in [0.25, 0.3) is 10.8 Å². The summed E-state index contributed by atoms with van der Waals surface area (Å²) < 4.78 is 30.5. The van der Waals surface area contributed by atoms with Gasteiger partial charge >= 0.3 is 51.4 Å². The first-order chi connectivity index (χ1) is 6.57. The van der Waals surface area contributed by atoms with Crippen LogP contribution < -0.4 is 0 Å². The molecular formula is C10H9KO3S. The Hall–Kier alpha value is 0.246. The molecule has 0 saturated heterocycles. The van der Waals surface area contributed by atoms with Crippen LogP contribution in [0.15, 0.2) is 47.4 Å². The fraction of sp³-hybridized carbons (Fsp3) is 0. The van der Waals surface area contributed by atoms with Gasteiger partial charge in [0.25, 0.3) is 10.1 Å². The molecule has 0 atom stereocenters. The fourth-order valence-electron chi connectivity index (χ4n) is 1.33. The van der Waals surface area contributed by atoms with Gasteiger partial charge in [-0.1, -0.05) is 30.3 Å². The number of hydrogen-bond acceptors (Lipinski definition) is 2. The van der Waals surface area contributed by atoms with Crippen molar-refractivity contribution in [2.75, 3.05) is 0 Å². The van der Waals surface area contributed by atoms with Crippen molar-refractivity contribution in [3.8, 4) is 0 Å². The van der Waals surface area contributed by atoms with Crippen LogP contribution in [0.5, 0.6) is 0 Å². The average molecular weight is 248 g/mol. The van der Waals surface area contributed by atoms with Crippen LogP contribution in [0.4, 0.5) is 0 Å². The van der Waals surface area contributed by atoms with Gasteiger partial charge in [-0.05, 0) is 22.9 Å². The molecule has 2 aromatic rings. The molecule has 0 radical (unpaired) electrons. The van der Waals surface area contributed by atoms with E-state index in [-0.39, 0.29) is 56.3 Å². The maximum atomic E-state index is 10.8. The summed E-state index contributed by atoms with van der Waals surface area (Å²) in [5, 5.41) is 1.74. The van der Waals surface area contributed by atoms with E-state index in [2.05, 4.69) is 0 Å². The predicted molar refractivity (Wildman–Crippen MR) is 60.9 cm³/mol. The molecule has 0 aromatic heterocycles. The van der Waals surface area contributed by atoms with Crippen molar-refractivity contribution >= 4 is 72.3 Å². The molecule has 0 fully saturated rings. The van der Waals surface area contributed by atoms with Gasteiger partial charge in [-0.3, -0.25) is 4.55 Å². The van der Waals surface area contributed by atoms with Gasteiger partial charge in [0, 0.05) is 0 Å². The normalized spacial score (nSPS) is 11.0. The summed E-state index contributed by atoms with van der Waals surface area (Å²) in [6, 6.07) is 11.9. The fourth-order valence-corrected chi connectivity index (χ4v) is 1.84. The first-order valence-electron chi connectivity index (χ1n) is 4.04. The number of benzene rings is 2. The molecule has 0 saturated carbocycles. The third-order valence-electron chi connectivity index (χ3n) is 2.02. The van der Waals surface area contributed by atoms with Crippen LogP contribution in [0, 0.1) is 0 Å². The molecule has 0 spiro atoms. The van der Waals surface area contributed by atoms with Crippen molar-refractivity contribution in [3.05, 3.63) is 42.5 Å². The minimum atomic E-state index is -4.09. The minimum absolute atomic E-state index is 0. The molecule has 74 valence electrons. The molecule has 0 unspecified atom stereocenters. The Morgan fingerprint density at radius 2 is 1.53 bits per heavy atom. The second kappa shape index (κ2) is 5.05. The molecule has 2 aromatic carbocycles. The molecule has 0 bridgehead atoms. The molecule has 0 aliphatic heterocycles. The standard InChI is InChI=1S/C10H8O3S.K.H/c11-14(12,13)10-6-5-8-3-1-2-4-9(8)7-10;;/h1-7H,(H,11,12,13);;. The van der Waals surface area contributed by atoms with Gasteiger partial charge in [0.1, 0.15) is 0 Å². The van der Waals surface area contributed by atoms with E-state index in [9.17, 15) is 8.42 Å². The van der Waals surface area contributed by atoms with E-state index in [0.29, 0.717) is 0 Å². The van der Waals surface area contributed by atoms with E-state index >= 15 is 0 Å². The van der Waals surface area contributed by atoms with Crippen molar-refractivity contribution < 1.29 is 13.0 Å².